The predicted molar refractivity (Wildman–Crippen MR) is 105 cm³/mol. The van der Waals surface area contributed by atoms with Gasteiger partial charge in [-0.1, -0.05) is 41.4 Å². The smallest absolute Gasteiger partial charge is 0.224 e. The van der Waals surface area contributed by atoms with Gasteiger partial charge in [0.05, 0.1) is 0 Å². The molecule has 3 aromatic rings. The number of hydrogen-bond donors (Lipinski definition) is 2. The van der Waals surface area contributed by atoms with Crippen LogP contribution >= 0.6 is 11.6 Å². The van der Waals surface area contributed by atoms with Crippen LogP contribution in [0.3, 0.4) is 0 Å². The van der Waals surface area contributed by atoms with Crippen molar-refractivity contribution in [2.75, 3.05) is 17.2 Å². The molecule has 4 nitrogen and oxygen atoms in total. The number of rotatable bonds is 6. The largest absolute Gasteiger partial charge is 0.354 e. The molecule has 0 saturated heterocycles. The van der Waals surface area contributed by atoms with Gasteiger partial charge in [0.2, 0.25) is 5.95 Å². The van der Waals surface area contributed by atoms with E-state index < -0.39 is 0 Å². The Balaban J connectivity index is 1.63. The Bertz CT molecular complexity index is 847. The molecule has 0 spiro atoms. The lowest BCUT2D eigenvalue weighted by Gasteiger charge is -2.10. The number of hydrogen-bond acceptors (Lipinski definition) is 4. The molecule has 2 aromatic carbocycles. The first kappa shape index (κ1) is 17.2. The standard InChI is InChI=1S/C20H21ClN4/c1-14-6-8-18(9-7-14)24-19-12-15(2)23-20(25-19)22-11-10-16-4-3-5-17(21)13-16/h3-9,12-13H,10-11H2,1-2H3,(H2,22,23,24,25). The molecule has 0 saturated carbocycles. The molecule has 0 unspecified atom stereocenters. The van der Waals surface area contributed by atoms with E-state index in [4.69, 9.17) is 11.6 Å². The summed E-state index contributed by atoms with van der Waals surface area (Å²) in [6, 6.07) is 18.0. The Morgan fingerprint density at radius 3 is 2.52 bits per heavy atom. The number of benzene rings is 2. The van der Waals surface area contributed by atoms with E-state index in [1.165, 1.54) is 11.1 Å². The summed E-state index contributed by atoms with van der Waals surface area (Å²) in [7, 11) is 0. The summed E-state index contributed by atoms with van der Waals surface area (Å²) in [5, 5.41) is 7.36. The number of halogens is 1. The molecule has 3 rings (SSSR count). The molecule has 128 valence electrons. The second kappa shape index (κ2) is 7.99. The van der Waals surface area contributed by atoms with E-state index in [9.17, 15) is 0 Å². The van der Waals surface area contributed by atoms with Gasteiger partial charge in [0.25, 0.3) is 0 Å². The van der Waals surface area contributed by atoms with Crippen LogP contribution in [0.5, 0.6) is 0 Å². The monoisotopic (exact) mass is 352 g/mol. The highest BCUT2D eigenvalue weighted by atomic mass is 35.5. The molecular formula is C20H21ClN4. The topological polar surface area (TPSA) is 49.8 Å². The zero-order chi connectivity index (χ0) is 17.6. The molecule has 0 amide bonds. The third kappa shape index (κ3) is 5.19. The van der Waals surface area contributed by atoms with Crippen LogP contribution in [0.25, 0.3) is 0 Å². The number of aryl methyl sites for hydroxylation is 2. The molecule has 0 atom stereocenters. The van der Waals surface area contributed by atoms with Crippen molar-refractivity contribution in [3.63, 3.8) is 0 Å². The molecule has 0 aliphatic rings. The van der Waals surface area contributed by atoms with Gasteiger partial charge in [0.1, 0.15) is 5.82 Å². The molecule has 1 aromatic heterocycles. The summed E-state index contributed by atoms with van der Waals surface area (Å²) in [5.74, 6) is 1.40. The van der Waals surface area contributed by atoms with Crippen molar-refractivity contribution < 1.29 is 0 Å². The number of nitrogens with zero attached hydrogens (tertiary/aromatic N) is 2. The fourth-order valence-corrected chi connectivity index (χ4v) is 2.72. The number of aromatic nitrogens is 2. The molecular weight excluding hydrogens is 332 g/mol. The van der Waals surface area contributed by atoms with Gasteiger partial charge in [0.15, 0.2) is 0 Å². The Kier molecular flexibility index (Phi) is 5.51. The van der Waals surface area contributed by atoms with Gasteiger partial charge >= 0.3 is 0 Å². The minimum Gasteiger partial charge on any atom is -0.354 e. The maximum absolute atomic E-state index is 6.02. The second-order valence-corrected chi connectivity index (χ2v) is 6.45. The van der Waals surface area contributed by atoms with Crippen molar-refractivity contribution in [1.82, 2.24) is 9.97 Å². The molecule has 0 aliphatic heterocycles. The van der Waals surface area contributed by atoms with Crippen LogP contribution in [0, 0.1) is 13.8 Å². The average molecular weight is 353 g/mol. The van der Waals surface area contributed by atoms with Crippen LogP contribution in [0.4, 0.5) is 17.5 Å². The van der Waals surface area contributed by atoms with Gasteiger partial charge in [-0.25, -0.2) is 4.98 Å². The third-order valence-corrected chi connectivity index (χ3v) is 4.00. The first-order valence-electron chi connectivity index (χ1n) is 8.26. The minimum atomic E-state index is 0.622. The van der Waals surface area contributed by atoms with Gasteiger partial charge in [-0.05, 0) is 50.1 Å². The fraction of sp³-hybridized carbons (Fsp3) is 0.200. The van der Waals surface area contributed by atoms with Crippen LogP contribution in [-0.4, -0.2) is 16.5 Å². The van der Waals surface area contributed by atoms with Crippen molar-refractivity contribution in [2.45, 2.75) is 20.3 Å². The summed E-state index contributed by atoms with van der Waals surface area (Å²) < 4.78 is 0. The molecule has 1 heterocycles. The van der Waals surface area contributed by atoms with Gasteiger partial charge in [0, 0.05) is 29.0 Å². The molecule has 0 radical (unpaired) electrons. The van der Waals surface area contributed by atoms with Gasteiger partial charge < -0.3 is 10.6 Å². The summed E-state index contributed by atoms with van der Waals surface area (Å²) in [6.07, 6.45) is 0.860. The Morgan fingerprint density at radius 1 is 0.960 bits per heavy atom. The zero-order valence-electron chi connectivity index (χ0n) is 14.4. The first-order chi connectivity index (χ1) is 12.1. The lowest BCUT2D eigenvalue weighted by atomic mass is 10.1. The quantitative estimate of drug-likeness (QED) is 0.644. The maximum atomic E-state index is 6.02. The molecule has 0 aliphatic carbocycles. The highest BCUT2D eigenvalue weighted by molar-refractivity contribution is 6.30. The molecule has 25 heavy (non-hydrogen) atoms. The normalized spacial score (nSPS) is 10.5. The summed E-state index contributed by atoms with van der Waals surface area (Å²) in [4.78, 5) is 8.99. The molecule has 5 heteroatoms. The zero-order valence-corrected chi connectivity index (χ0v) is 15.1. The Labute approximate surface area is 153 Å². The highest BCUT2D eigenvalue weighted by Crippen LogP contribution is 2.17. The summed E-state index contributed by atoms with van der Waals surface area (Å²) in [5.41, 5.74) is 4.34. The van der Waals surface area contributed by atoms with E-state index in [-0.39, 0.29) is 0 Å². The van der Waals surface area contributed by atoms with E-state index in [0.29, 0.717) is 5.95 Å². The fourth-order valence-electron chi connectivity index (χ4n) is 2.51. The van der Waals surface area contributed by atoms with Crippen LogP contribution in [0.2, 0.25) is 5.02 Å². The van der Waals surface area contributed by atoms with E-state index in [2.05, 4.69) is 45.7 Å². The lowest BCUT2D eigenvalue weighted by molar-refractivity contribution is 0.976. The van der Waals surface area contributed by atoms with E-state index in [1.54, 1.807) is 0 Å². The van der Waals surface area contributed by atoms with Crippen LogP contribution < -0.4 is 10.6 Å². The van der Waals surface area contributed by atoms with Gasteiger partial charge in [-0.3, -0.25) is 0 Å². The molecule has 0 bridgehead atoms. The highest BCUT2D eigenvalue weighted by Gasteiger charge is 2.03. The third-order valence-electron chi connectivity index (χ3n) is 3.76. The SMILES string of the molecule is Cc1ccc(Nc2cc(C)nc(NCCc3cccc(Cl)c3)n2)cc1. The van der Waals surface area contributed by atoms with E-state index >= 15 is 0 Å². The minimum absolute atomic E-state index is 0.622. The van der Waals surface area contributed by atoms with Crippen LogP contribution in [0.15, 0.2) is 54.6 Å². The van der Waals surface area contributed by atoms with Crippen molar-refractivity contribution in [1.29, 1.82) is 0 Å². The molecule has 0 fully saturated rings. The van der Waals surface area contributed by atoms with Crippen molar-refractivity contribution in [2.24, 2.45) is 0 Å². The first-order valence-corrected chi connectivity index (χ1v) is 8.64. The van der Waals surface area contributed by atoms with Gasteiger partial charge in [-0.15, -0.1) is 0 Å². The summed E-state index contributed by atoms with van der Waals surface area (Å²) >= 11 is 6.02. The maximum Gasteiger partial charge on any atom is 0.224 e. The number of anilines is 3. The summed E-state index contributed by atoms with van der Waals surface area (Å²) in [6.45, 7) is 4.78. The van der Waals surface area contributed by atoms with Crippen LogP contribution in [0.1, 0.15) is 16.8 Å². The predicted octanol–water partition coefficient (Wildman–Crippen LogP) is 5.15. The van der Waals surface area contributed by atoms with E-state index in [0.717, 1.165) is 35.2 Å². The van der Waals surface area contributed by atoms with Gasteiger partial charge in [-0.2, -0.15) is 4.98 Å². The van der Waals surface area contributed by atoms with Crippen LogP contribution in [-0.2, 0) is 6.42 Å². The average Bonchev–Trinajstić information content (AvgIpc) is 2.57. The molecule has 2 N–H and O–H groups in total. The number of nitrogens with one attached hydrogen (secondary N) is 2. The van der Waals surface area contributed by atoms with Crippen molar-refractivity contribution in [3.05, 3.63) is 76.4 Å². The second-order valence-electron chi connectivity index (χ2n) is 6.02. The van der Waals surface area contributed by atoms with Crippen molar-refractivity contribution >= 4 is 29.1 Å². The van der Waals surface area contributed by atoms with E-state index in [1.807, 2.05) is 43.3 Å². The Morgan fingerprint density at radius 2 is 1.76 bits per heavy atom. The lowest BCUT2D eigenvalue weighted by Crippen LogP contribution is -2.09. The Hall–Kier alpha value is -2.59. The van der Waals surface area contributed by atoms with Crippen molar-refractivity contribution in [3.8, 4) is 0 Å².